The van der Waals surface area contributed by atoms with Gasteiger partial charge in [0.2, 0.25) is 5.91 Å². The molecule has 0 bridgehead atoms. The number of hydrogen-bond acceptors (Lipinski definition) is 3. The van der Waals surface area contributed by atoms with Crippen LogP contribution < -0.4 is 5.32 Å². The summed E-state index contributed by atoms with van der Waals surface area (Å²) < 4.78 is 0. The Morgan fingerprint density at radius 2 is 2.45 bits per heavy atom. The lowest BCUT2D eigenvalue weighted by atomic mass is 10.2. The molecule has 0 aromatic rings. The number of aliphatic imine (C=N–C) groups is 1. The Morgan fingerprint density at radius 1 is 1.73 bits per heavy atom. The van der Waals surface area contributed by atoms with Crippen LogP contribution in [0.2, 0.25) is 0 Å². The van der Waals surface area contributed by atoms with E-state index in [0.717, 1.165) is 18.0 Å². The van der Waals surface area contributed by atoms with Gasteiger partial charge >= 0.3 is 0 Å². The van der Waals surface area contributed by atoms with Crippen LogP contribution in [0.5, 0.6) is 0 Å². The first kappa shape index (κ1) is 8.59. The summed E-state index contributed by atoms with van der Waals surface area (Å²) in [5.74, 6) is 1.69. The first-order chi connectivity index (χ1) is 5.27. The van der Waals surface area contributed by atoms with Crippen molar-refractivity contribution in [1.82, 2.24) is 5.32 Å². The van der Waals surface area contributed by atoms with Gasteiger partial charge in [-0.1, -0.05) is 6.92 Å². The Balaban J connectivity index is 2.52. The first-order valence-corrected chi connectivity index (χ1v) is 5.03. The maximum absolute atomic E-state index is 11.1. The highest BCUT2D eigenvalue weighted by molar-refractivity contribution is 7.99. The van der Waals surface area contributed by atoms with Crippen molar-refractivity contribution in [3.05, 3.63) is 0 Å². The third-order valence-electron chi connectivity index (χ3n) is 1.55. The van der Waals surface area contributed by atoms with E-state index < -0.39 is 0 Å². The molecule has 1 heterocycles. The maximum Gasteiger partial charge on any atom is 0.250 e. The summed E-state index contributed by atoms with van der Waals surface area (Å²) in [4.78, 5) is 15.3. The quantitative estimate of drug-likeness (QED) is 0.679. The van der Waals surface area contributed by atoms with Crippen LogP contribution in [-0.4, -0.2) is 29.8 Å². The fourth-order valence-corrected chi connectivity index (χ4v) is 1.41. The van der Waals surface area contributed by atoms with Crippen molar-refractivity contribution in [1.29, 1.82) is 0 Å². The number of carbonyl (C=O) groups is 1. The van der Waals surface area contributed by atoms with Crippen LogP contribution in [0.3, 0.4) is 0 Å². The number of thioether (sulfide) groups is 1. The number of amidine groups is 1. The van der Waals surface area contributed by atoms with E-state index in [-0.39, 0.29) is 11.9 Å². The fraction of sp³-hybridized carbons (Fsp3) is 0.714. The van der Waals surface area contributed by atoms with Gasteiger partial charge in [-0.25, -0.2) is 0 Å². The minimum atomic E-state index is -0.128. The molecule has 0 fully saturated rings. The minimum absolute atomic E-state index is 0.0524. The summed E-state index contributed by atoms with van der Waals surface area (Å²) >= 11 is 1.67. The zero-order valence-electron chi connectivity index (χ0n) is 6.76. The molecule has 1 aliphatic heterocycles. The lowest BCUT2D eigenvalue weighted by Gasteiger charge is -1.96. The van der Waals surface area contributed by atoms with E-state index in [1.807, 2.05) is 13.2 Å². The highest BCUT2D eigenvalue weighted by Crippen LogP contribution is 2.06. The third kappa shape index (κ3) is 1.96. The minimum Gasteiger partial charge on any atom is -0.312 e. The Bertz CT molecular complexity index is 191. The van der Waals surface area contributed by atoms with E-state index in [2.05, 4.69) is 10.3 Å². The summed E-state index contributed by atoms with van der Waals surface area (Å²) in [6.45, 7) is 1.97. The predicted molar refractivity (Wildman–Crippen MR) is 48.0 cm³/mol. The van der Waals surface area contributed by atoms with E-state index in [1.54, 1.807) is 11.8 Å². The Morgan fingerprint density at radius 3 is 2.91 bits per heavy atom. The lowest BCUT2D eigenvalue weighted by Crippen LogP contribution is -2.29. The second-order valence-electron chi connectivity index (χ2n) is 2.42. The standard InChI is InChI=1S/C7H12N2OS/c1-3-5-7(10)9-6(8-5)4-11-2/h5H,3-4H2,1-2H3,(H,8,9,10). The second kappa shape index (κ2) is 3.76. The van der Waals surface area contributed by atoms with Crippen LogP contribution in [0.25, 0.3) is 0 Å². The molecule has 1 rings (SSSR count). The van der Waals surface area contributed by atoms with Gasteiger partial charge in [0.25, 0.3) is 0 Å². The number of carbonyl (C=O) groups excluding carboxylic acids is 1. The van der Waals surface area contributed by atoms with Crippen LogP contribution in [0, 0.1) is 0 Å². The molecule has 1 aliphatic rings. The van der Waals surface area contributed by atoms with E-state index in [1.165, 1.54) is 0 Å². The van der Waals surface area contributed by atoms with Crippen LogP contribution in [0.1, 0.15) is 13.3 Å². The van der Waals surface area contributed by atoms with Gasteiger partial charge in [-0.3, -0.25) is 9.79 Å². The molecule has 0 saturated heterocycles. The largest absolute Gasteiger partial charge is 0.312 e. The zero-order chi connectivity index (χ0) is 8.27. The van der Waals surface area contributed by atoms with Crippen molar-refractivity contribution in [3.8, 4) is 0 Å². The van der Waals surface area contributed by atoms with E-state index in [9.17, 15) is 4.79 Å². The van der Waals surface area contributed by atoms with E-state index >= 15 is 0 Å². The van der Waals surface area contributed by atoms with Crippen molar-refractivity contribution in [2.24, 2.45) is 4.99 Å². The zero-order valence-corrected chi connectivity index (χ0v) is 7.57. The molecule has 0 spiro atoms. The molecule has 1 atom stereocenters. The summed E-state index contributed by atoms with van der Waals surface area (Å²) in [5, 5.41) is 2.75. The summed E-state index contributed by atoms with van der Waals surface area (Å²) in [5.41, 5.74) is 0. The molecule has 62 valence electrons. The number of amides is 1. The molecule has 0 saturated carbocycles. The molecule has 0 aromatic carbocycles. The number of rotatable bonds is 3. The van der Waals surface area contributed by atoms with Crippen molar-refractivity contribution in [2.75, 3.05) is 12.0 Å². The molecule has 11 heavy (non-hydrogen) atoms. The van der Waals surface area contributed by atoms with Crippen LogP contribution >= 0.6 is 11.8 Å². The Hall–Kier alpha value is -0.510. The molecule has 0 aromatic heterocycles. The van der Waals surface area contributed by atoms with Crippen LogP contribution in [0.4, 0.5) is 0 Å². The Kier molecular flexibility index (Phi) is 2.93. The van der Waals surface area contributed by atoms with Gasteiger partial charge < -0.3 is 5.32 Å². The summed E-state index contributed by atoms with van der Waals surface area (Å²) in [6, 6.07) is -0.128. The van der Waals surface area contributed by atoms with Gasteiger partial charge in [0, 0.05) is 0 Å². The van der Waals surface area contributed by atoms with E-state index in [4.69, 9.17) is 0 Å². The SMILES string of the molecule is CCC1N=C(CSC)NC1=O. The van der Waals surface area contributed by atoms with Crippen LogP contribution in [-0.2, 0) is 4.79 Å². The monoisotopic (exact) mass is 172 g/mol. The predicted octanol–water partition coefficient (Wildman–Crippen LogP) is 0.656. The maximum atomic E-state index is 11.1. The van der Waals surface area contributed by atoms with Gasteiger partial charge in [-0.15, -0.1) is 0 Å². The highest BCUT2D eigenvalue weighted by Gasteiger charge is 2.23. The smallest absolute Gasteiger partial charge is 0.250 e. The average Bonchev–Trinajstić information content (AvgIpc) is 2.32. The molecular weight excluding hydrogens is 160 g/mol. The molecule has 1 unspecified atom stereocenters. The van der Waals surface area contributed by atoms with Crippen molar-refractivity contribution in [3.63, 3.8) is 0 Å². The Labute approximate surface area is 70.7 Å². The van der Waals surface area contributed by atoms with Crippen molar-refractivity contribution in [2.45, 2.75) is 19.4 Å². The molecule has 1 N–H and O–H groups in total. The molecule has 0 aliphatic carbocycles. The van der Waals surface area contributed by atoms with Gasteiger partial charge in [0.05, 0.1) is 5.75 Å². The lowest BCUT2D eigenvalue weighted by molar-refractivity contribution is -0.120. The molecule has 4 heteroatoms. The van der Waals surface area contributed by atoms with Gasteiger partial charge in [-0.2, -0.15) is 11.8 Å². The topological polar surface area (TPSA) is 41.5 Å². The normalized spacial score (nSPS) is 23.3. The molecule has 1 amide bonds. The molecular formula is C7H12N2OS. The van der Waals surface area contributed by atoms with Gasteiger partial charge in [0.1, 0.15) is 11.9 Å². The number of nitrogens with one attached hydrogen (secondary N) is 1. The first-order valence-electron chi connectivity index (χ1n) is 3.64. The fourth-order valence-electron chi connectivity index (χ4n) is 0.991. The third-order valence-corrected chi connectivity index (χ3v) is 2.11. The summed E-state index contributed by atoms with van der Waals surface area (Å²) in [7, 11) is 0. The number of hydrogen-bond donors (Lipinski definition) is 1. The van der Waals surface area contributed by atoms with E-state index in [0.29, 0.717) is 0 Å². The van der Waals surface area contributed by atoms with Crippen LogP contribution in [0.15, 0.2) is 4.99 Å². The molecule has 0 radical (unpaired) electrons. The van der Waals surface area contributed by atoms with Gasteiger partial charge in [0.15, 0.2) is 0 Å². The van der Waals surface area contributed by atoms with Crippen molar-refractivity contribution < 1.29 is 4.79 Å². The second-order valence-corrected chi connectivity index (χ2v) is 3.29. The summed E-state index contributed by atoms with van der Waals surface area (Å²) in [6.07, 6.45) is 2.79. The average molecular weight is 172 g/mol. The highest BCUT2D eigenvalue weighted by atomic mass is 32.2. The molecule has 3 nitrogen and oxygen atoms in total. The van der Waals surface area contributed by atoms with Crippen molar-refractivity contribution >= 4 is 23.5 Å². The number of nitrogens with zero attached hydrogens (tertiary/aromatic N) is 1. The van der Waals surface area contributed by atoms with Gasteiger partial charge in [-0.05, 0) is 12.7 Å².